The minimum absolute atomic E-state index is 0. The van der Waals surface area contributed by atoms with E-state index in [0.717, 1.165) is 0 Å². The summed E-state index contributed by atoms with van der Waals surface area (Å²) >= 11 is 0. The van der Waals surface area contributed by atoms with Crippen LogP contribution in [-0.4, -0.2) is 28.5 Å². The van der Waals surface area contributed by atoms with E-state index in [1.807, 2.05) is 0 Å². The van der Waals surface area contributed by atoms with Crippen LogP contribution in [0.4, 0.5) is 0 Å². The Morgan fingerprint density at radius 2 is 1.54 bits per heavy atom. The van der Waals surface area contributed by atoms with Crippen LogP contribution in [0, 0.1) is 0 Å². The van der Waals surface area contributed by atoms with E-state index in [1.165, 1.54) is 18.2 Å². The number of aliphatic hydroxyl groups is 1. The zero-order valence-electron chi connectivity index (χ0n) is 7.05. The molecule has 0 spiro atoms. The van der Waals surface area contributed by atoms with Crippen molar-refractivity contribution in [2.75, 3.05) is 13.2 Å². The molecule has 5 N–H and O–H groups in total. The van der Waals surface area contributed by atoms with Crippen LogP contribution in [0.25, 0.3) is 0 Å². The molecule has 76 valence electrons. The van der Waals surface area contributed by atoms with Crippen molar-refractivity contribution < 1.29 is 15.3 Å². The Morgan fingerprint density at radius 3 is 1.69 bits per heavy atom. The second kappa shape index (κ2) is 9.12. The van der Waals surface area contributed by atoms with Gasteiger partial charge in [0.1, 0.15) is 11.5 Å². The number of phenols is 2. The molecule has 1 rings (SSSR count). The van der Waals surface area contributed by atoms with Crippen molar-refractivity contribution >= 4 is 12.4 Å². The Balaban J connectivity index is 0. The van der Waals surface area contributed by atoms with E-state index in [9.17, 15) is 0 Å². The van der Waals surface area contributed by atoms with Crippen LogP contribution < -0.4 is 5.73 Å². The summed E-state index contributed by atoms with van der Waals surface area (Å²) in [6, 6.07) is 5.85. The number of hydrogen-bond donors (Lipinski definition) is 4. The summed E-state index contributed by atoms with van der Waals surface area (Å²) in [6.07, 6.45) is 0. The van der Waals surface area contributed by atoms with E-state index in [0.29, 0.717) is 6.54 Å². The van der Waals surface area contributed by atoms with Crippen LogP contribution in [0.3, 0.4) is 0 Å². The first kappa shape index (κ1) is 14.5. The van der Waals surface area contributed by atoms with Crippen LogP contribution in [-0.2, 0) is 0 Å². The van der Waals surface area contributed by atoms with Crippen molar-refractivity contribution in [3.8, 4) is 11.5 Å². The molecular formula is C8H14ClNO3. The smallest absolute Gasteiger partial charge is 0.119 e. The number of halogens is 1. The quantitative estimate of drug-likeness (QED) is 0.539. The van der Waals surface area contributed by atoms with E-state index in [1.54, 1.807) is 6.07 Å². The highest BCUT2D eigenvalue weighted by molar-refractivity contribution is 5.85. The molecule has 0 aliphatic rings. The van der Waals surface area contributed by atoms with Gasteiger partial charge in [-0.25, -0.2) is 0 Å². The molecule has 0 unspecified atom stereocenters. The van der Waals surface area contributed by atoms with Gasteiger partial charge in [0, 0.05) is 12.6 Å². The fourth-order valence-corrected chi connectivity index (χ4v) is 0.493. The number of aliphatic hydroxyl groups excluding tert-OH is 1. The highest BCUT2D eigenvalue weighted by atomic mass is 35.5. The van der Waals surface area contributed by atoms with Crippen LogP contribution in [0.5, 0.6) is 11.5 Å². The largest absolute Gasteiger partial charge is 0.508 e. The van der Waals surface area contributed by atoms with Crippen LogP contribution in [0.1, 0.15) is 0 Å². The SMILES string of the molecule is Cl.NCCO.Oc1cccc(O)c1. The van der Waals surface area contributed by atoms with Crippen molar-refractivity contribution in [2.24, 2.45) is 5.73 Å². The maximum absolute atomic E-state index is 8.65. The summed E-state index contributed by atoms with van der Waals surface area (Å²) in [6.45, 7) is 0.472. The minimum atomic E-state index is 0. The number of phenolic OH excluding ortho intramolecular Hbond substituents is 2. The van der Waals surface area contributed by atoms with Gasteiger partial charge in [-0.1, -0.05) is 6.07 Å². The Labute approximate surface area is 83.0 Å². The highest BCUT2D eigenvalue weighted by Crippen LogP contribution is 2.14. The summed E-state index contributed by atoms with van der Waals surface area (Å²) in [5, 5.41) is 25.1. The molecule has 0 bridgehead atoms. The zero-order chi connectivity index (χ0) is 9.40. The molecule has 13 heavy (non-hydrogen) atoms. The first-order chi connectivity index (χ1) is 5.70. The summed E-state index contributed by atoms with van der Waals surface area (Å²) in [5.41, 5.74) is 4.78. The summed E-state index contributed by atoms with van der Waals surface area (Å²) in [5.74, 6) is 0.176. The molecule has 0 aliphatic heterocycles. The molecule has 0 atom stereocenters. The number of benzene rings is 1. The number of hydrogen-bond acceptors (Lipinski definition) is 4. The van der Waals surface area contributed by atoms with E-state index >= 15 is 0 Å². The third kappa shape index (κ3) is 8.94. The Kier molecular flexibility index (Phi) is 10.2. The minimum Gasteiger partial charge on any atom is -0.508 e. The van der Waals surface area contributed by atoms with Gasteiger partial charge in [0.2, 0.25) is 0 Å². The molecule has 4 nitrogen and oxygen atoms in total. The van der Waals surface area contributed by atoms with Gasteiger partial charge in [0.25, 0.3) is 0 Å². The zero-order valence-corrected chi connectivity index (χ0v) is 7.87. The molecule has 1 aromatic carbocycles. The third-order valence-electron chi connectivity index (χ3n) is 0.959. The normalized spacial score (nSPS) is 7.85. The van der Waals surface area contributed by atoms with Gasteiger partial charge >= 0.3 is 0 Å². The lowest BCUT2D eigenvalue weighted by Crippen LogP contribution is -2.02. The highest BCUT2D eigenvalue weighted by Gasteiger charge is 1.85. The molecule has 0 aromatic heterocycles. The Bertz CT molecular complexity index is 201. The summed E-state index contributed by atoms with van der Waals surface area (Å²) in [4.78, 5) is 0. The fourth-order valence-electron chi connectivity index (χ4n) is 0.493. The van der Waals surface area contributed by atoms with Crippen LogP contribution in [0.2, 0.25) is 0 Å². The van der Waals surface area contributed by atoms with E-state index in [4.69, 9.17) is 21.1 Å². The second-order valence-electron chi connectivity index (χ2n) is 2.03. The van der Waals surface area contributed by atoms with E-state index in [-0.39, 0.29) is 30.5 Å². The number of aromatic hydroxyl groups is 2. The van der Waals surface area contributed by atoms with Crippen molar-refractivity contribution in [2.45, 2.75) is 0 Å². The van der Waals surface area contributed by atoms with Gasteiger partial charge in [0.15, 0.2) is 0 Å². The average molecular weight is 208 g/mol. The first-order valence-electron chi connectivity index (χ1n) is 3.49. The fraction of sp³-hybridized carbons (Fsp3) is 0.250. The lowest BCUT2D eigenvalue weighted by Gasteiger charge is -1.89. The Morgan fingerprint density at radius 1 is 1.15 bits per heavy atom. The topological polar surface area (TPSA) is 86.7 Å². The van der Waals surface area contributed by atoms with Gasteiger partial charge in [-0.2, -0.15) is 0 Å². The first-order valence-corrected chi connectivity index (χ1v) is 3.49. The van der Waals surface area contributed by atoms with Crippen molar-refractivity contribution in [3.63, 3.8) is 0 Å². The van der Waals surface area contributed by atoms with E-state index in [2.05, 4.69) is 0 Å². The molecule has 0 aliphatic carbocycles. The maximum Gasteiger partial charge on any atom is 0.119 e. The molecule has 0 saturated heterocycles. The number of rotatable bonds is 1. The maximum atomic E-state index is 8.65. The molecule has 1 aromatic rings. The van der Waals surface area contributed by atoms with Crippen molar-refractivity contribution in [1.82, 2.24) is 0 Å². The average Bonchev–Trinajstić information content (AvgIpc) is 2.04. The predicted molar refractivity (Wildman–Crippen MR) is 53.2 cm³/mol. The monoisotopic (exact) mass is 207 g/mol. The summed E-state index contributed by atoms with van der Waals surface area (Å²) < 4.78 is 0. The van der Waals surface area contributed by atoms with E-state index < -0.39 is 0 Å². The summed E-state index contributed by atoms with van der Waals surface area (Å²) in [7, 11) is 0. The van der Waals surface area contributed by atoms with Gasteiger partial charge in [-0.05, 0) is 12.1 Å². The second-order valence-corrected chi connectivity index (χ2v) is 2.03. The Hall–Kier alpha value is -0.970. The van der Waals surface area contributed by atoms with Crippen molar-refractivity contribution in [3.05, 3.63) is 24.3 Å². The molecule has 0 radical (unpaired) electrons. The predicted octanol–water partition coefficient (Wildman–Crippen LogP) is 0.457. The third-order valence-corrected chi connectivity index (χ3v) is 0.959. The van der Waals surface area contributed by atoms with Gasteiger partial charge in [-0.3, -0.25) is 0 Å². The number of nitrogens with two attached hydrogens (primary N) is 1. The molecular weight excluding hydrogens is 194 g/mol. The van der Waals surface area contributed by atoms with Crippen LogP contribution >= 0.6 is 12.4 Å². The molecule has 0 saturated carbocycles. The lowest BCUT2D eigenvalue weighted by atomic mass is 10.3. The molecule has 5 heteroatoms. The molecule has 0 fully saturated rings. The molecule has 0 heterocycles. The van der Waals surface area contributed by atoms with Gasteiger partial charge in [0.05, 0.1) is 6.61 Å². The standard InChI is InChI=1S/C6H6O2.C2H7NO.ClH/c7-5-2-1-3-6(8)4-5;3-1-2-4;/h1-4,7-8H;4H,1-3H2;1H. The van der Waals surface area contributed by atoms with Crippen LogP contribution in [0.15, 0.2) is 24.3 Å². The lowest BCUT2D eigenvalue weighted by molar-refractivity contribution is 0.306. The van der Waals surface area contributed by atoms with Crippen molar-refractivity contribution in [1.29, 1.82) is 0 Å². The van der Waals surface area contributed by atoms with Gasteiger partial charge < -0.3 is 21.1 Å². The molecule has 0 amide bonds. The van der Waals surface area contributed by atoms with Gasteiger partial charge in [-0.15, -0.1) is 12.4 Å².